The first kappa shape index (κ1) is 15.5. The minimum atomic E-state index is -3.41. The predicted molar refractivity (Wildman–Crippen MR) is 80.6 cm³/mol. The summed E-state index contributed by atoms with van der Waals surface area (Å²) in [5.74, 6) is 0.709. The minimum Gasteiger partial charge on any atom is -0.367 e. The smallest absolute Gasteiger partial charge is 0.244 e. The summed E-state index contributed by atoms with van der Waals surface area (Å²) in [6, 6.07) is 3.66. The number of anilines is 1. The highest BCUT2D eigenvalue weighted by Gasteiger charge is 2.20. The third-order valence-electron chi connectivity index (χ3n) is 3.52. The molecule has 1 fully saturated rings. The number of pyridine rings is 1. The maximum absolute atomic E-state index is 11.9. The summed E-state index contributed by atoms with van der Waals surface area (Å²) >= 11 is 6.07. The van der Waals surface area contributed by atoms with Gasteiger partial charge in [-0.15, -0.1) is 11.6 Å². The van der Waals surface area contributed by atoms with Crippen molar-refractivity contribution in [2.75, 3.05) is 19.4 Å². The molecule has 1 aliphatic carbocycles. The lowest BCUT2D eigenvalue weighted by atomic mass is 9.95. The molecule has 1 N–H and O–H groups in total. The molecule has 1 aromatic heterocycles. The first-order chi connectivity index (χ1) is 9.39. The fourth-order valence-corrected chi connectivity index (χ4v) is 3.33. The van der Waals surface area contributed by atoms with Crippen molar-refractivity contribution in [2.24, 2.45) is 0 Å². The van der Waals surface area contributed by atoms with Crippen LogP contribution in [-0.4, -0.2) is 43.2 Å². The monoisotopic (exact) mass is 317 g/mol. The van der Waals surface area contributed by atoms with E-state index in [4.69, 9.17) is 11.6 Å². The number of rotatable bonds is 4. The summed E-state index contributed by atoms with van der Waals surface area (Å²) < 4.78 is 25.0. The van der Waals surface area contributed by atoms with Crippen molar-refractivity contribution in [3.05, 3.63) is 18.3 Å². The van der Waals surface area contributed by atoms with E-state index in [0.29, 0.717) is 11.9 Å². The minimum absolute atomic E-state index is 0.206. The molecule has 7 heteroatoms. The molecule has 2 rings (SSSR count). The Hall–Kier alpha value is -0.850. The van der Waals surface area contributed by atoms with Crippen molar-refractivity contribution in [2.45, 2.75) is 42.0 Å². The van der Waals surface area contributed by atoms with Crippen LogP contribution in [0.3, 0.4) is 0 Å². The third-order valence-corrected chi connectivity index (χ3v) is 5.76. The van der Waals surface area contributed by atoms with E-state index >= 15 is 0 Å². The van der Waals surface area contributed by atoms with E-state index in [1.54, 1.807) is 12.1 Å². The van der Waals surface area contributed by atoms with Gasteiger partial charge in [-0.05, 0) is 37.8 Å². The summed E-state index contributed by atoms with van der Waals surface area (Å²) in [5.41, 5.74) is 0. The molecule has 0 aromatic carbocycles. The van der Waals surface area contributed by atoms with Crippen molar-refractivity contribution in [3.8, 4) is 0 Å². The van der Waals surface area contributed by atoms with Crippen LogP contribution in [0.25, 0.3) is 0 Å². The summed E-state index contributed by atoms with van der Waals surface area (Å²) in [4.78, 5) is 4.40. The number of sulfonamides is 1. The Balaban J connectivity index is 2.02. The first-order valence-electron chi connectivity index (χ1n) is 6.69. The lowest BCUT2D eigenvalue weighted by Gasteiger charge is -2.26. The number of alkyl halides is 1. The molecule has 0 saturated heterocycles. The number of aromatic nitrogens is 1. The van der Waals surface area contributed by atoms with E-state index in [-0.39, 0.29) is 10.3 Å². The number of nitrogens with one attached hydrogen (secondary N) is 1. The Morgan fingerprint density at radius 3 is 2.40 bits per heavy atom. The third kappa shape index (κ3) is 3.62. The number of nitrogens with zero attached hydrogens (tertiary/aromatic N) is 2. The van der Waals surface area contributed by atoms with Crippen LogP contribution in [-0.2, 0) is 10.0 Å². The Morgan fingerprint density at radius 2 is 1.90 bits per heavy atom. The van der Waals surface area contributed by atoms with Crippen LogP contribution < -0.4 is 5.32 Å². The summed E-state index contributed by atoms with van der Waals surface area (Å²) in [7, 11) is -0.396. The summed E-state index contributed by atoms with van der Waals surface area (Å²) in [5, 5.41) is 3.62. The van der Waals surface area contributed by atoms with Gasteiger partial charge >= 0.3 is 0 Å². The quantitative estimate of drug-likeness (QED) is 0.866. The van der Waals surface area contributed by atoms with Gasteiger partial charge in [-0.1, -0.05) is 0 Å². The van der Waals surface area contributed by atoms with Crippen molar-refractivity contribution in [3.63, 3.8) is 0 Å². The molecular weight excluding hydrogens is 298 g/mol. The lowest BCUT2D eigenvalue weighted by molar-refractivity contribution is 0.467. The second kappa shape index (κ2) is 6.28. The zero-order valence-corrected chi connectivity index (χ0v) is 13.3. The highest BCUT2D eigenvalue weighted by molar-refractivity contribution is 7.89. The molecule has 0 amide bonds. The van der Waals surface area contributed by atoms with Crippen molar-refractivity contribution >= 4 is 27.4 Å². The maximum atomic E-state index is 11.9. The van der Waals surface area contributed by atoms with Gasteiger partial charge in [0.05, 0.1) is 0 Å². The van der Waals surface area contributed by atoms with E-state index < -0.39 is 10.0 Å². The Morgan fingerprint density at radius 1 is 1.25 bits per heavy atom. The van der Waals surface area contributed by atoms with E-state index in [0.717, 1.165) is 25.7 Å². The Bertz CT molecular complexity index is 537. The molecule has 0 radical (unpaired) electrons. The standard InChI is InChI=1S/C13H20ClN3O2S/c1-17(2)20(18,19)12-7-8-13(15-9-12)16-11-5-3-10(14)4-6-11/h7-11H,3-6H2,1-2H3,(H,15,16). The van der Waals surface area contributed by atoms with Gasteiger partial charge in [0, 0.05) is 31.7 Å². The van der Waals surface area contributed by atoms with Crippen LogP contribution in [0.5, 0.6) is 0 Å². The normalized spacial score (nSPS) is 23.8. The molecule has 1 aliphatic rings. The van der Waals surface area contributed by atoms with Gasteiger partial charge in [0.25, 0.3) is 0 Å². The SMILES string of the molecule is CN(C)S(=O)(=O)c1ccc(NC2CCC(Cl)CC2)nc1. The first-order valence-corrected chi connectivity index (χ1v) is 8.56. The zero-order chi connectivity index (χ0) is 14.8. The number of halogens is 1. The predicted octanol–water partition coefficient (Wildman–Crippen LogP) is 2.29. The van der Waals surface area contributed by atoms with E-state index in [1.165, 1.54) is 24.6 Å². The second-order valence-corrected chi connectivity index (χ2v) is 8.03. The average molecular weight is 318 g/mol. The molecule has 0 aliphatic heterocycles. The fourth-order valence-electron chi connectivity index (χ4n) is 2.24. The fraction of sp³-hybridized carbons (Fsp3) is 0.615. The molecule has 0 unspecified atom stereocenters. The van der Waals surface area contributed by atoms with Gasteiger partial charge in [0.15, 0.2) is 0 Å². The lowest BCUT2D eigenvalue weighted by Crippen LogP contribution is -2.27. The number of hydrogen-bond donors (Lipinski definition) is 1. The van der Waals surface area contributed by atoms with Gasteiger partial charge < -0.3 is 5.32 Å². The van der Waals surface area contributed by atoms with Crippen LogP contribution in [0, 0.1) is 0 Å². The molecule has 0 bridgehead atoms. The van der Waals surface area contributed by atoms with Crippen molar-refractivity contribution in [1.82, 2.24) is 9.29 Å². The Labute approximate surface area is 125 Å². The highest BCUT2D eigenvalue weighted by Crippen LogP contribution is 2.25. The van der Waals surface area contributed by atoms with Gasteiger partial charge in [0.2, 0.25) is 10.0 Å². The molecule has 112 valence electrons. The van der Waals surface area contributed by atoms with Gasteiger partial charge in [-0.3, -0.25) is 0 Å². The molecule has 20 heavy (non-hydrogen) atoms. The second-order valence-electron chi connectivity index (χ2n) is 5.26. The largest absolute Gasteiger partial charge is 0.367 e. The van der Waals surface area contributed by atoms with Crippen LogP contribution >= 0.6 is 11.6 Å². The molecule has 0 spiro atoms. The van der Waals surface area contributed by atoms with E-state index in [9.17, 15) is 8.42 Å². The van der Waals surface area contributed by atoms with E-state index in [2.05, 4.69) is 10.3 Å². The summed E-state index contributed by atoms with van der Waals surface area (Å²) in [6.45, 7) is 0. The van der Waals surface area contributed by atoms with Crippen LogP contribution in [0.1, 0.15) is 25.7 Å². The van der Waals surface area contributed by atoms with Crippen molar-refractivity contribution < 1.29 is 8.42 Å². The Kier molecular flexibility index (Phi) is 4.88. The average Bonchev–Trinajstić information content (AvgIpc) is 2.42. The molecule has 0 atom stereocenters. The zero-order valence-electron chi connectivity index (χ0n) is 11.7. The molecule has 1 aromatic rings. The van der Waals surface area contributed by atoms with Gasteiger partial charge in [0.1, 0.15) is 10.7 Å². The van der Waals surface area contributed by atoms with Crippen LogP contribution in [0.15, 0.2) is 23.2 Å². The topological polar surface area (TPSA) is 62.3 Å². The molecule has 1 saturated carbocycles. The van der Waals surface area contributed by atoms with Crippen molar-refractivity contribution in [1.29, 1.82) is 0 Å². The highest BCUT2D eigenvalue weighted by atomic mass is 35.5. The van der Waals surface area contributed by atoms with Gasteiger partial charge in [-0.2, -0.15) is 0 Å². The number of hydrogen-bond acceptors (Lipinski definition) is 4. The van der Waals surface area contributed by atoms with E-state index in [1.807, 2.05) is 0 Å². The van der Waals surface area contributed by atoms with Crippen LogP contribution in [0.4, 0.5) is 5.82 Å². The van der Waals surface area contributed by atoms with Gasteiger partial charge in [-0.25, -0.2) is 17.7 Å². The molecule has 1 heterocycles. The molecular formula is C13H20ClN3O2S. The molecule has 5 nitrogen and oxygen atoms in total. The van der Waals surface area contributed by atoms with Crippen LogP contribution in [0.2, 0.25) is 0 Å². The summed E-state index contributed by atoms with van der Waals surface area (Å²) in [6.07, 6.45) is 5.45. The maximum Gasteiger partial charge on any atom is 0.244 e.